The van der Waals surface area contributed by atoms with Crippen LogP contribution in [0.1, 0.15) is 54.5 Å². The maximum Gasteiger partial charge on any atom is 0.0819 e. The van der Waals surface area contributed by atoms with Gasteiger partial charge in [-0.05, 0) is 61.1 Å². The minimum absolute atomic E-state index is 0.216. The maximum absolute atomic E-state index is 5.87. The van der Waals surface area contributed by atoms with Gasteiger partial charge < -0.3 is 5.73 Å². The Morgan fingerprint density at radius 3 is 2.94 bits per heavy atom. The summed E-state index contributed by atoms with van der Waals surface area (Å²) in [5.41, 5.74) is 11.6. The summed E-state index contributed by atoms with van der Waals surface area (Å²) in [6.07, 6.45) is 9.23. The molecule has 3 rings (SSSR count). The first kappa shape index (κ1) is 12.1. The average molecular weight is 260 g/mol. The third-order valence-corrected chi connectivity index (χ3v) is 4.75. The molecule has 2 aliphatic carbocycles. The molecule has 1 heterocycles. The van der Waals surface area contributed by atoms with Crippen LogP contribution < -0.4 is 5.73 Å². The molecule has 0 fully saturated rings. The minimum Gasteiger partial charge on any atom is -0.393 e. The standard InChI is InChI=1S/C15H20N2S/c1-9-5-6-11-10(7-9)8-17-14-12(11)3-2-4-13(14)15(16)18/h8-9,13H,2-7H2,1H3,(H2,16,18). The van der Waals surface area contributed by atoms with Crippen molar-refractivity contribution in [1.82, 2.24) is 4.98 Å². The molecule has 96 valence electrons. The molecule has 1 aromatic heterocycles. The highest BCUT2D eigenvalue weighted by atomic mass is 32.1. The van der Waals surface area contributed by atoms with Crippen molar-refractivity contribution in [3.8, 4) is 0 Å². The second kappa shape index (κ2) is 4.61. The first-order chi connectivity index (χ1) is 8.66. The van der Waals surface area contributed by atoms with Gasteiger partial charge in [0.25, 0.3) is 0 Å². The molecule has 0 radical (unpaired) electrons. The summed E-state index contributed by atoms with van der Waals surface area (Å²) in [5.74, 6) is 1.01. The van der Waals surface area contributed by atoms with Gasteiger partial charge in [-0.15, -0.1) is 0 Å². The number of thiocarbonyl (C=S) groups is 1. The van der Waals surface area contributed by atoms with Crippen LogP contribution in [-0.4, -0.2) is 9.97 Å². The Kier molecular flexibility index (Phi) is 3.10. The van der Waals surface area contributed by atoms with Crippen LogP contribution in [0.15, 0.2) is 6.20 Å². The van der Waals surface area contributed by atoms with Gasteiger partial charge in [-0.25, -0.2) is 0 Å². The Labute approximate surface area is 114 Å². The van der Waals surface area contributed by atoms with Gasteiger partial charge in [0, 0.05) is 6.20 Å². The van der Waals surface area contributed by atoms with Crippen LogP contribution in [0.4, 0.5) is 0 Å². The SMILES string of the molecule is CC1CCc2c(cnc3c2CCCC3C(N)=S)C1. The number of nitrogens with two attached hydrogens (primary N) is 1. The van der Waals surface area contributed by atoms with Gasteiger partial charge >= 0.3 is 0 Å². The molecule has 0 aromatic carbocycles. The lowest BCUT2D eigenvalue weighted by atomic mass is 9.77. The van der Waals surface area contributed by atoms with Crippen molar-refractivity contribution in [2.24, 2.45) is 11.7 Å². The molecule has 2 N–H and O–H groups in total. The molecular formula is C15H20N2S. The molecule has 0 aliphatic heterocycles. The van der Waals surface area contributed by atoms with Crippen molar-refractivity contribution in [3.63, 3.8) is 0 Å². The summed E-state index contributed by atoms with van der Waals surface area (Å²) in [6.45, 7) is 2.33. The molecule has 2 unspecified atom stereocenters. The second-order valence-electron chi connectivity index (χ2n) is 5.82. The molecule has 1 aromatic rings. The van der Waals surface area contributed by atoms with Crippen molar-refractivity contribution < 1.29 is 0 Å². The van der Waals surface area contributed by atoms with E-state index in [1.165, 1.54) is 48.9 Å². The van der Waals surface area contributed by atoms with E-state index in [-0.39, 0.29) is 5.92 Å². The molecule has 0 bridgehead atoms. The van der Waals surface area contributed by atoms with Gasteiger partial charge in [0.1, 0.15) is 0 Å². The maximum atomic E-state index is 5.87. The molecule has 2 aliphatic rings. The fourth-order valence-electron chi connectivity index (χ4n) is 3.48. The molecule has 18 heavy (non-hydrogen) atoms. The van der Waals surface area contributed by atoms with Gasteiger partial charge in [-0.1, -0.05) is 19.1 Å². The highest BCUT2D eigenvalue weighted by Crippen LogP contribution is 2.36. The van der Waals surface area contributed by atoms with Gasteiger partial charge in [-0.3, -0.25) is 4.98 Å². The van der Waals surface area contributed by atoms with E-state index >= 15 is 0 Å². The van der Waals surface area contributed by atoms with E-state index in [2.05, 4.69) is 13.1 Å². The molecule has 0 saturated carbocycles. The lowest BCUT2D eigenvalue weighted by molar-refractivity contribution is 0.491. The van der Waals surface area contributed by atoms with Crippen molar-refractivity contribution in [2.45, 2.75) is 51.4 Å². The van der Waals surface area contributed by atoms with Crippen LogP contribution in [0, 0.1) is 5.92 Å². The number of hydrogen-bond donors (Lipinski definition) is 1. The van der Waals surface area contributed by atoms with Crippen LogP contribution in [0.2, 0.25) is 0 Å². The lowest BCUT2D eigenvalue weighted by Gasteiger charge is -2.30. The number of pyridine rings is 1. The minimum atomic E-state index is 0.216. The second-order valence-corrected chi connectivity index (χ2v) is 6.29. The van der Waals surface area contributed by atoms with Crippen LogP contribution in [0.5, 0.6) is 0 Å². The molecule has 0 amide bonds. The summed E-state index contributed by atoms with van der Waals surface area (Å²) >= 11 is 5.20. The molecular weight excluding hydrogens is 240 g/mol. The highest BCUT2D eigenvalue weighted by molar-refractivity contribution is 7.80. The Hall–Kier alpha value is -0.960. The zero-order valence-electron chi connectivity index (χ0n) is 10.9. The fourth-order valence-corrected chi connectivity index (χ4v) is 3.71. The quantitative estimate of drug-likeness (QED) is 0.789. The first-order valence-electron chi connectivity index (χ1n) is 6.95. The van der Waals surface area contributed by atoms with Gasteiger partial charge in [0.2, 0.25) is 0 Å². The number of aromatic nitrogens is 1. The van der Waals surface area contributed by atoms with Gasteiger partial charge in [-0.2, -0.15) is 0 Å². The van der Waals surface area contributed by atoms with Crippen LogP contribution in [0.25, 0.3) is 0 Å². The number of nitrogens with zero attached hydrogens (tertiary/aromatic N) is 1. The monoisotopic (exact) mass is 260 g/mol. The predicted octanol–water partition coefficient (Wildman–Crippen LogP) is 2.91. The van der Waals surface area contributed by atoms with Crippen molar-refractivity contribution in [1.29, 1.82) is 0 Å². The molecule has 2 nitrogen and oxygen atoms in total. The normalized spacial score (nSPS) is 26.3. The Bertz CT molecular complexity index is 496. The van der Waals surface area contributed by atoms with E-state index < -0.39 is 0 Å². The van der Waals surface area contributed by atoms with E-state index in [4.69, 9.17) is 22.9 Å². The number of fused-ring (bicyclic) bond motifs is 3. The van der Waals surface area contributed by atoms with E-state index in [0.29, 0.717) is 4.99 Å². The molecule has 0 saturated heterocycles. The van der Waals surface area contributed by atoms with Crippen LogP contribution >= 0.6 is 12.2 Å². The Balaban J connectivity index is 2.07. The smallest absolute Gasteiger partial charge is 0.0819 e. The zero-order valence-corrected chi connectivity index (χ0v) is 11.7. The Morgan fingerprint density at radius 1 is 1.33 bits per heavy atom. The Morgan fingerprint density at radius 2 is 2.17 bits per heavy atom. The van der Waals surface area contributed by atoms with Gasteiger partial charge in [0.05, 0.1) is 16.6 Å². The topological polar surface area (TPSA) is 38.9 Å². The van der Waals surface area contributed by atoms with Crippen molar-refractivity contribution in [2.75, 3.05) is 0 Å². The summed E-state index contributed by atoms with van der Waals surface area (Å²) in [6, 6.07) is 0. The molecule has 3 heteroatoms. The van der Waals surface area contributed by atoms with E-state index in [9.17, 15) is 0 Å². The van der Waals surface area contributed by atoms with Crippen LogP contribution in [0.3, 0.4) is 0 Å². The molecule has 0 spiro atoms. The zero-order chi connectivity index (χ0) is 12.7. The summed E-state index contributed by atoms with van der Waals surface area (Å²) in [4.78, 5) is 5.32. The first-order valence-corrected chi connectivity index (χ1v) is 7.36. The summed E-state index contributed by atoms with van der Waals surface area (Å²) < 4.78 is 0. The third-order valence-electron chi connectivity index (χ3n) is 4.47. The van der Waals surface area contributed by atoms with Crippen molar-refractivity contribution in [3.05, 3.63) is 28.6 Å². The van der Waals surface area contributed by atoms with Crippen LogP contribution in [-0.2, 0) is 19.3 Å². The third kappa shape index (κ3) is 1.95. The fraction of sp³-hybridized carbons (Fsp3) is 0.600. The highest BCUT2D eigenvalue weighted by Gasteiger charge is 2.28. The van der Waals surface area contributed by atoms with E-state index in [1.54, 1.807) is 5.56 Å². The number of rotatable bonds is 1. The number of hydrogen-bond acceptors (Lipinski definition) is 2. The predicted molar refractivity (Wildman–Crippen MR) is 77.9 cm³/mol. The van der Waals surface area contributed by atoms with Crippen molar-refractivity contribution >= 4 is 17.2 Å². The summed E-state index contributed by atoms with van der Waals surface area (Å²) in [5, 5.41) is 0. The molecule has 2 atom stereocenters. The lowest BCUT2D eigenvalue weighted by Crippen LogP contribution is -2.27. The summed E-state index contributed by atoms with van der Waals surface area (Å²) in [7, 11) is 0. The largest absolute Gasteiger partial charge is 0.393 e. The average Bonchev–Trinajstić information content (AvgIpc) is 2.37. The van der Waals surface area contributed by atoms with E-state index in [1.807, 2.05) is 0 Å². The van der Waals surface area contributed by atoms with Gasteiger partial charge in [0.15, 0.2) is 0 Å². The van der Waals surface area contributed by atoms with E-state index in [0.717, 1.165) is 12.3 Å².